The average molecular weight is 391 g/mol. The average Bonchev–Trinajstić information content (AvgIpc) is 3.28. The molecule has 3 aromatic heterocycles. The van der Waals surface area contributed by atoms with Gasteiger partial charge in [-0.3, -0.25) is 9.58 Å². The fourth-order valence-electron chi connectivity index (χ4n) is 3.35. The lowest BCUT2D eigenvalue weighted by Crippen LogP contribution is -2.23. The van der Waals surface area contributed by atoms with E-state index in [1.807, 2.05) is 17.2 Å². The van der Waals surface area contributed by atoms with Crippen molar-refractivity contribution < 1.29 is 0 Å². The van der Waals surface area contributed by atoms with Crippen LogP contribution in [-0.2, 0) is 13.1 Å². The minimum atomic E-state index is 0.348. The van der Waals surface area contributed by atoms with Gasteiger partial charge in [-0.05, 0) is 29.3 Å². The molecule has 0 bridgehead atoms. The quantitative estimate of drug-likeness (QED) is 0.730. The topological polar surface area (TPSA) is 90.7 Å². The standard InChI is InChI=1S/C15H19BrN8/c1-2-24-12(11(16)5-21-24)7-22-4-3-10(6-22)23-9-20-13-14(17)18-8-19-15(13)23/h5,8-10H,2-4,6-7H2,1H3,(H2,17,18,19). The van der Waals surface area contributed by atoms with Crippen LogP contribution in [0, 0.1) is 0 Å². The van der Waals surface area contributed by atoms with E-state index in [0.717, 1.165) is 42.7 Å². The van der Waals surface area contributed by atoms with Gasteiger partial charge in [-0.25, -0.2) is 15.0 Å². The molecule has 0 radical (unpaired) electrons. The SMILES string of the molecule is CCn1ncc(Br)c1CN1CCC(n2cnc3c(N)ncnc32)C1. The molecule has 8 nitrogen and oxygen atoms in total. The van der Waals surface area contributed by atoms with Crippen LogP contribution >= 0.6 is 15.9 Å². The molecule has 1 aliphatic rings. The lowest BCUT2D eigenvalue weighted by atomic mass is 10.2. The van der Waals surface area contributed by atoms with E-state index in [0.29, 0.717) is 17.4 Å². The fraction of sp³-hybridized carbons (Fsp3) is 0.467. The van der Waals surface area contributed by atoms with Crippen molar-refractivity contribution in [2.45, 2.75) is 32.5 Å². The number of fused-ring (bicyclic) bond motifs is 1. The second-order valence-electron chi connectivity index (χ2n) is 6.02. The van der Waals surface area contributed by atoms with Crippen molar-refractivity contribution in [3.8, 4) is 0 Å². The second kappa shape index (κ2) is 6.14. The van der Waals surface area contributed by atoms with Crippen LogP contribution in [0.2, 0.25) is 0 Å². The molecular formula is C15H19BrN8. The van der Waals surface area contributed by atoms with Gasteiger partial charge in [0.15, 0.2) is 11.5 Å². The highest BCUT2D eigenvalue weighted by atomic mass is 79.9. The lowest BCUT2D eigenvalue weighted by Gasteiger charge is -2.17. The molecule has 9 heteroatoms. The Labute approximate surface area is 147 Å². The van der Waals surface area contributed by atoms with Crippen LogP contribution < -0.4 is 5.73 Å². The van der Waals surface area contributed by atoms with Crippen LogP contribution in [0.3, 0.4) is 0 Å². The Balaban J connectivity index is 1.54. The third-order valence-corrected chi connectivity index (χ3v) is 5.26. The molecule has 24 heavy (non-hydrogen) atoms. The smallest absolute Gasteiger partial charge is 0.165 e. The number of halogens is 1. The van der Waals surface area contributed by atoms with Crippen LogP contribution in [-0.4, -0.2) is 47.3 Å². The number of likely N-dealkylation sites (tertiary alicyclic amines) is 1. The van der Waals surface area contributed by atoms with E-state index in [-0.39, 0.29) is 0 Å². The van der Waals surface area contributed by atoms with Crippen molar-refractivity contribution in [2.75, 3.05) is 18.8 Å². The summed E-state index contributed by atoms with van der Waals surface area (Å²) >= 11 is 3.60. The van der Waals surface area contributed by atoms with Crippen molar-refractivity contribution in [1.29, 1.82) is 0 Å². The maximum Gasteiger partial charge on any atom is 0.165 e. The maximum atomic E-state index is 5.88. The van der Waals surface area contributed by atoms with Gasteiger partial charge in [-0.15, -0.1) is 0 Å². The molecule has 2 N–H and O–H groups in total. The highest BCUT2D eigenvalue weighted by molar-refractivity contribution is 9.10. The molecule has 1 aliphatic heterocycles. The number of anilines is 1. The third kappa shape index (κ3) is 2.57. The zero-order chi connectivity index (χ0) is 16.7. The Kier molecular flexibility index (Phi) is 3.97. The maximum absolute atomic E-state index is 5.88. The normalized spacial score (nSPS) is 18.7. The molecule has 4 rings (SSSR count). The Bertz CT molecular complexity index is 870. The molecular weight excluding hydrogens is 372 g/mol. The van der Waals surface area contributed by atoms with Crippen molar-refractivity contribution in [2.24, 2.45) is 0 Å². The molecule has 4 heterocycles. The molecule has 1 saturated heterocycles. The largest absolute Gasteiger partial charge is 0.382 e. The number of aromatic nitrogens is 6. The summed E-state index contributed by atoms with van der Waals surface area (Å²) in [6.45, 7) is 5.86. The predicted octanol–water partition coefficient (Wildman–Crippen LogP) is 1.83. The number of hydrogen-bond acceptors (Lipinski definition) is 6. The highest BCUT2D eigenvalue weighted by Crippen LogP contribution is 2.28. The van der Waals surface area contributed by atoms with Crippen LogP contribution in [0.15, 0.2) is 23.3 Å². The molecule has 1 fully saturated rings. The van der Waals surface area contributed by atoms with Gasteiger partial charge in [0, 0.05) is 26.2 Å². The van der Waals surface area contributed by atoms with Gasteiger partial charge in [0.05, 0.1) is 28.7 Å². The van der Waals surface area contributed by atoms with Gasteiger partial charge in [0.1, 0.15) is 11.8 Å². The lowest BCUT2D eigenvalue weighted by molar-refractivity contribution is 0.305. The molecule has 0 aliphatic carbocycles. The minimum Gasteiger partial charge on any atom is -0.382 e. The van der Waals surface area contributed by atoms with Gasteiger partial charge in [0.25, 0.3) is 0 Å². The van der Waals surface area contributed by atoms with E-state index in [9.17, 15) is 0 Å². The number of aryl methyl sites for hydroxylation is 1. The zero-order valence-electron chi connectivity index (χ0n) is 13.4. The number of rotatable bonds is 4. The number of nitrogens with zero attached hydrogens (tertiary/aromatic N) is 7. The van der Waals surface area contributed by atoms with Crippen LogP contribution in [0.4, 0.5) is 5.82 Å². The number of hydrogen-bond donors (Lipinski definition) is 1. The molecule has 126 valence electrons. The minimum absolute atomic E-state index is 0.348. The summed E-state index contributed by atoms with van der Waals surface area (Å²) in [5.41, 5.74) is 8.60. The zero-order valence-corrected chi connectivity index (χ0v) is 15.0. The van der Waals surface area contributed by atoms with E-state index in [1.54, 1.807) is 0 Å². The second-order valence-corrected chi connectivity index (χ2v) is 6.87. The van der Waals surface area contributed by atoms with Crippen molar-refractivity contribution in [3.05, 3.63) is 29.0 Å². The summed E-state index contributed by atoms with van der Waals surface area (Å²) in [4.78, 5) is 15.2. The Morgan fingerprint density at radius 3 is 3.04 bits per heavy atom. The fourth-order valence-corrected chi connectivity index (χ4v) is 3.77. The van der Waals surface area contributed by atoms with Crippen molar-refractivity contribution in [3.63, 3.8) is 0 Å². The highest BCUT2D eigenvalue weighted by Gasteiger charge is 2.27. The number of imidazole rings is 1. The van der Waals surface area contributed by atoms with E-state index in [4.69, 9.17) is 5.73 Å². The predicted molar refractivity (Wildman–Crippen MR) is 94.3 cm³/mol. The Hall–Kier alpha value is -2.00. The summed E-state index contributed by atoms with van der Waals surface area (Å²) in [7, 11) is 0. The van der Waals surface area contributed by atoms with Gasteiger partial charge < -0.3 is 10.3 Å². The summed E-state index contributed by atoms with van der Waals surface area (Å²) in [6, 6.07) is 0.348. The van der Waals surface area contributed by atoms with Crippen LogP contribution in [0.1, 0.15) is 25.1 Å². The molecule has 0 amide bonds. The van der Waals surface area contributed by atoms with Gasteiger partial charge >= 0.3 is 0 Å². The van der Waals surface area contributed by atoms with E-state index in [1.165, 1.54) is 12.0 Å². The number of nitrogen functional groups attached to an aromatic ring is 1. The number of nitrogens with two attached hydrogens (primary N) is 1. The molecule has 1 unspecified atom stereocenters. The van der Waals surface area contributed by atoms with Crippen molar-refractivity contribution >= 4 is 32.9 Å². The summed E-state index contributed by atoms with van der Waals surface area (Å²) in [5, 5.41) is 4.39. The van der Waals surface area contributed by atoms with Gasteiger partial charge in [-0.1, -0.05) is 0 Å². The first-order valence-electron chi connectivity index (χ1n) is 8.03. The Morgan fingerprint density at radius 1 is 1.33 bits per heavy atom. The first-order chi connectivity index (χ1) is 11.7. The summed E-state index contributed by atoms with van der Waals surface area (Å²) in [5.74, 6) is 0.435. The first kappa shape index (κ1) is 15.5. The van der Waals surface area contributed by atoms with Crippen molar-refractivity contribution in [1.82, 2.24) is 34.2 Å². The molecule has 3 aromatic rings. The third-order valence-electron chi connectivity index (χ3n) is 4.60. The summed E-state index contributed by atoms with van der Waals surface area (Å²) in [6.07, 6.45) is 6.26. The molecule has 0 spiro atoms. The first-order valence-corrected chi connectivity index (χ1v) is 8.82. The van der Waals surface area contributed by atoms with Crippen LogP contribution in [0.5, 0.6) is 0 Å². The van der Waals surface area contributed by atoms with E-state index < -0.39 is 0 Å². The van der Waals surface area contributed by atoms with Crippen LogP contribution in [0.25, 0.3) is 11.2 Å². The monoisotopic (exact) mass is 390 g/mol. The molecule has 1 atom stereocenters. The Morgan fingerprint density at radius 2 is 2.21 bits per heavy atom. The molecule has 0 aromatic carbocycles. The van der Waals surface area contributed by atoms with Gasteiger partial charge in [-0.2, -0.15) is 5.10 Å². The van der Waals surface area contributed by atoms with E-state index in [2.05, 4.69) is 52.4 Å². The summed E-state index contributed by atoms with van der Waals surface area (Å²) < 4.78 is 5.23. The molecule has 0 saturated carbocycles. The van der Waals surface area contributed by atoms with Gasteiger partial charge in [0.2, 0.25) is 0 Å². The van der Waals surface area contributed by atoms with E-state index >= 15 is 0 Å².